The summed E-state index contributed by atoms with van der Waals surface area (Å²) >= 11 is 3.41. The second-order valence-corrected chi connectivity index (χ2v) is 5.31. The fourth-order valence-electron chi connectivity index (χ4n) is 1.74. The number of hydrogen-bond donors (Lipinski definition) is 1. The van der Waals surface area contributed by atoms with E-state index >= 15 is 0 Å². The van der Waals surface area contributed by atoms with Crippen LogP contribution in [-0.2, 0) is 6.54 Å². The molecule has 1 heterocycles. The van der Waals surface area contributed by atoms with E-state index in [-0.39, 0.29) is 5.91 Å². The Balaban J connectivity index is 2.01. The number of nitrogens with one attached hydrogen (secondary N) is 1. The molecule has 1 aromatic heterocycles. The van der Waals surface area contributed by atoms with E-state index in [0.29, 0.717) is 0 Å². The Morgan fingerprint density at radius 2 is 2.38 bits per heavy atom. The minimum atomic E-state index is 0.0473. The first kappa shape index (κ1) is 11.7. The molecule has 0 aromatic carbocycles. The van der Waals surface area contributed by atoms with Crippen LogP contribution in [0.25, 0.3) is 0 Å². The van der Waals surface area contributed by atoms with Crippen LogP contribution in [0.2, 0.25) is 0 Å². The van der Waals surface area contributed by atoms with Gasteiger partial charge in [-0.05, 0) is 47.2 Å². The fourth-order valence-corrected chi connectivity index (χ4v) is 2.20. The lowest BCUT2D eigenvalue weighted by molar-refractivity contribution is 0.0942. The van der Waals surface area contributed by atoms with Crippen LogP contribution in [-0.4, -0.2) is 17.0 Å². The van der Waals surface area contributed by atoms with Crippen molar-refractivity contribution in [3.63, 3.8) is 0 Å². The highest BCUT2D eigenvalue weighted by Crippen LogP contribution is 2.27. The highest BCUT2D eigenvalue weighted by atomic mass is 79.9. The summed E-state index contributed by atoms with van der Waals surface area (Å²) in [6.07, 6.45) is 5.53. The van der Waals surface area contributed by atoms with Crippen molar-refractivity contribution in [2.24, 2.45) is 5.92 Å². The maximum atomic E-state index is 11.9. The third-order valence-corrected chi connectivity index (χ3v) is 3.24. The van der Waals surface area contributed by atoms with Crippen molar-refractivity contribution in [2.45, 2.75) is 32.7 Å². The van der Waals surface area contributed by atoms with Crippen LogP contribution in [0.4, 0.5) is 0 Å². The van der Waals surface area contributed by atoms with Gasteiger partial charge in [-0.15, -0.1) is 0 Å². The zero-order chi connectivity index (χ0) is 11.5. The molecule has 1 amide bonds. The summed E-state index contributed by atoms with van der Waals surface area (Å²) in [4.78, 5) is 11.9. The lowest BCUT2D eigenvalue weighted by Crippen LogP contribution is -2.27. The number of aromatic nitrogens is 1. The van der Waals surface area contributed by atoms with E-state index < -0.39 is 0 Å². The zero-order valence-corrected chi connectivity index (χ0v) is 11.1. The molecule has 1 aromatic rings. The van der Waals surface area contributed by atoms with E-state index in [0.717, 1.165) is 35.6 Å². The predicted octanol–water partition coefficient (Wildman–Crippen LogP) is 2.80. The van der Waals surface area contributed by atoms with Crippen LogP contribution < -0.4 is 5.32 Å². The van der Waals surface area contributed by atoms with Crippen molar-refractivity contribution < 1.29 is 4.79 Å². The van der Waals surface area contributed by atoms with E-state index in [1.165, 1.54) is 12.8 Å². The third kappa shape index (κ3) is 2.88. The first-order chi connectivity index (χ1) is 7.70. The van der Waals surface area contributed by atoms with E-state index in [9.17, 15) is 4.79 Å². The minimum Gasteiger partial charge on any atom is -0.350 e. The van der Waals surface area contributed by atoms with Crippen LogP contribution in [0.15, 0.2) is 16.7 Å². The Bertz CT molecular complexity index is 382. The molecule has 0 bridgehead atoms. The highest BCUT2D eigenvalue weighted by Gasteiger charge is 2.22. The summed E-state index contributed by atoms with van der Waals surface area (Å²) < 4.78 is 2.98. The molecule has 3 nitrogen and oxygen atoms in total. The van der Waals surface area contributed by atoms with Gasteiger partial charge < -0.3 is 9.88 Å². The number of hydrogen-bond acceptors (Lipinski definition) is 1. The molecule has 0 radical (unpaired) electrons. The summed E-state index contributed by atoms with van der Waals surface area (Å²) in [6, 6.07) is 1.89. The second-order valence-electron chi connectivity index (χ2n) is 4.39. The molecule has 1 aliphatic carbocycles. The van der Waals surface area contributed by atoms with Crippen LogP contribution in [0, 0.1) is 5.92 Å². The lowest BCUT2D eigenvalue weighted by atomic mass is 10.3. The Morgan fingerprint density at radius 1 is 1.62 bits per heavy atom. The van der Waals surface area contributed by atoms with Gasteiger partial charge in [-0.25, -0.2) is 0 Å². The molecule has 1 fully saturated rings. The molecular weight excluding hydrogens is 268 g/mol. The number of aryl methyl sites for hydroxylation is 1. The molecule has 1 aliphatic rings. The maximum absolute atomic E-state index is 11.9. The van der Waals surface area contributed by atoms with Gasteiger partial charge in [0.05, 0.1) is 0 Å². The molecule has 0 aliphatic heterocycles. The summed E-state index contributed by atoms with van der Waals surface area (Å²) in [5.41, 5.74) is 0.759. The predicted molar refractivity (Wildman–Crippen MR) is 67.5 cm³/mol. The van der Waals surface area contributed by atoms with E-state index in [2.05, 4.69) is 28.2 Å². The molecule has 0 atom stereocenters. The van der Waals surface area contributed by atoms with E-state index in [1.54, 1.807) is 0 Å². The number of halogens is 1. The molecule has 2 rings (SSSR count). The van der Waals surface area contributed by atoms with E-state index in [4.69, 9.17) is 0 Å². The van der Waals surface area contributed by atoms with Gasteiger partial charge in [0.2, 0.25) is 0 Å². The Morgan fingerprint density at radius 3 is 3.00 bits per heavy atom. The minimum absolute atomic E-state index is 0.0473. The summed E-state index contributed by atoms with van der Waals surface area (Å²) in [5.74, 6) is 0.771. The number of rotatable bonds is 5. The first-order valence-electron chi connectivity index (χ1n) is 5.84. The Kier molecular flexibility index (Phi) is 3.69. The van der Waals surface area contributed by atoms with E-state index in [1.807, 2.05) is 16.8 Å². The van der Waals surface area contributed by atoms with Gasteiger partial charge in [0.1, 0.15) is 5.69 Å². The summed E-state index contributed by atoms with van der Waals surface area (Å²) in [6.45, 7) is 3.82. The monoisotopic (exact) mass is 284 g/mol. The van der Waals surface area contributed by atoms with Gasteiger partial charge >= 0.3 is 0 Å². The normalized spacial score (nSPS) is 15.1. The molecule has 1 saturated carbocycles. The van der Waals surface area contributed by atoms with Crippen molar-refractivity contribution >= 4 is 21.8 Å². The van der Waals surface area contributed by atoms with Crippen LogP contribution in [0.3, 0.4) is 0 Å². The molecule has 1 N–H and O–H groups in total. The zero-order valence-electron chi connectivity index (χ0n) is 9.50. The average Bonchev–Trinajstić information content (AvgIpc) is 3.00. The van der Waals surface area contributed by atoms with Gasteiger partial charge in [-0.3, -0.25) is 4.79 Å². The van der Waals surface area contributed by atoms with Gasteiger partial charge in [-0.2, -0.15) is 0 Å². The van der Waals surface area contributed by atoms with Gasteiger partial charge in [0, 0.05) is 23.8 Å². The highest BCUT2D eigenvalue weighted by molar-refractivity contribution is 9.10. The van der Waals surface area contributed by atoms with Crippen LogP contribution in [0.5, 0.6) is 0 Å². The summed E-state index contributed by atoms with van der Waals surface area (Å²) in [5, 5.41) is 2.99. The first-order valence-corrected chi connectivity index (χ1v) is 6.64. The van der Waals surface area contributed by atoms with Crippen molar-refractivity contribution in [1.82, 2.24) is 9.88 Å². The summed E-state index contributed by atoms with van der Waals surface area (Å²) in [7, 11) is 0. The van der Waals surface area contributed by atoms with Crippen LogP contribution in [0.1, 0.15) is 36.7 Å². The third-order valence-electron chi connectivity index (χ3n) is 2.81. The average molecular weight is 285 g/mol. The number of carbonyl (C=O) groups excluding carboxylic acids is 1. The number of nitrogens with zero attached hydrogens (tertiary/aromatic N) is 1. The largest absolute Gasteiger partial charge is 0.350 e. The maximum Gasteiger partial charge on any atom is 0.267 e. The Hall–Kier alpha value is -0.770. The lowest BCUT2D eigenvalue weighted by Gasteiger charge is -2.07. The van der Waals surface area contributed by atoms with Crippen molar-refractivity contribution in [3.05, 3.63) is 22.4 Å². The molecule has 0 spiro atoms. The van der Waals surface area contributed by atoms with Crippen molar-refractivity contribution in [1.29, 1.82) is 0 Å². The molecule has 16 heavy (non-hydrogen) atoms. The molecule has 0 saturated heterocycles. The number of carbonyl (C=O) groups is 1. The topological polar surface area (TPSA) is 34.0 Å². The Labute approximate surface area is 104 Å². The van der Waals surface area contributed by atoms with Crippen molar-refractivity contribution in [3.8, 4) is 0 Å². The second kappa shape index (κ2) is 5.04. The van der Waals surface area contributed by atoms with Gasteiger partial charge in [0.25, 0.3) is 5.91 Å². The SMILES string of the molecule is CCCn1cc(Br)cc1C(=O)NCC1CC1. The molecule has 88 valence electrons. The number of amides is 1. The van der Waals surface area contributed by atoms with Crippen LogP contribution >= 0.6 is 15.9 Å². The fraction of sp³-hybridized carbons (Fsp3) is 0.583. The standard InChI is InChI=1S/C12H17BrN2O/c1-2-5-15-8-10(13)6-11(15)12(16)14-7-9-3-4-9/h6,8-9H,2-5,7H2,1H3,(H,14,16). The quantitative estimate of drug-likeness (QED) is 0.886. The molecular formula is C12H17BrN2O. The molecule has 0 unspecified atom stereocenters. The molecule has 4 heteroatoms. The van der Waals surface area contributed by atoms with Crippen molar-refractivity contribution in [2.75, 3.05) is 6.54 Å². The van der Waals surface area contributed by atoms with Gasteiger partial charge in [0.15, 0.2) is 0 Å². The van der Waals surface area contributed by atoms with Gasteiger partial charge in [-0.1, -0.05) is 6.92 Å². The smallest absolute Gasteiger partial charge is 0.267 e.